The normalized spacial score (nSPS) is 15.2. The standard InChI is InChI=1S/C16H10Cl3NO/c1-8-13(18)5-9(6-14(8)19)4-12-11-7-10(17)2-3-15(11)20-16(12)21/h2-7H,1H3,(H,20,21)/b12-4-. The molecule has 0 spiro atoms. The Morgan fingerprint density at radius 1 is 1.05 bits per heavy atom. The van der Waals surface area contributed by atoms with Gasteiger partial charge in [-0.05, 0) is 54.5 Å². The van der Waals surface area contributed by atoms with Gasteiger partial charge in [0.1, 0.15) is 0 Å². The van der Waals surface area contributed by atoms with Gasteiger partial charge in [0.2, 0.25) is 0 Å². The van der Waals surface area contributed by atoms with Crippen LogP contribution in [0.25, 0.3) is 11.6 Å². The Hall–Kier alpha value is -1.48. The highest BCUT2D eigenvalue weighted by molar-refractivity contribution is 6.38. The third-order valence-electron chi connectivity index (χ3n) is 3.38. The molecule has 0 fully saturated rings. The van der Waals surface area contributed by atoms with E-state index in [1.54, 1.807) is 36.4 Å². The molecule has 106 valence electrons. The Labute approximate surface area is 137 Å². The zero-order chi connectivity index (χ0) is 15.1. The lowest BCUT2D eigenvalue weighted by atomic mass is 10.0. The SMILES string of the molecule is Cc1c(Cl)cc(/C=C2\C(=O)Nc3ccc(Cl)cc32)cc1Cl. The first-order chi connectivity index (χ1) is 9.95. The third-order valence-corrected chi connectivity index (χ3v) is 4.40. The first-order valence-corrected chi connectivity index (χ1v) is 7.38. The fourth-order valence-electron chi connectivity index (χ4n) is 2.22. The molecule has 2 aromatic carbocycles. The van der Waals surface area contributed by atoms with Crippen molar-refractivity contribution >= 4 is 58.0 Å². The van der Waals surface area contributed by atoms with Crippen LogP contribution in [-0.2, 0) is 4.79 Å². The van der Waals surface area contributed by atoms with Crippen LogP contribution in [0.15, 0.2) is 30.3 Å². The molecule has 0 saturated heterocycles. The Morgan fingerprint density at radius 3 is 2.38 bits per heavy atom. The van der Waals surface area contributed by atoms with E-state index in [2.05, 4.69) is 5.32 Å². The van der Waals surface area contributed by atoms with Crippen molar-refractivity contribution in [3.8, 4) is 0 Å². The second-order valence-electron chi connectivity index (χ2n) is 4.81. The molecule has 1 heterocycles. The summed E-state index contributed by atoms with van der Waals surface area (Å²) < 4.78 is 0. The summed E-state index contributed by atoms with van der Waals surface area (Å²) in [6, 6.07) is 8.85. The van der Waals surface area contributed by atoms with Crippen LogP contribution in [0.3, 0.4) is 0 Å². The number of hydrogen-bond donors (Lipinski definition) is 1. The van der Waals surface area contributed by atoms with E-state index in [1.165, 1.54) is 0 Å². The van der Waals surface area contributed by atoms with E-state index in [0.29, 0.717) is 20.6 Å². The predicted molar refractivity (Wildman–Crippen MR) is 89.2 cm³/mol. The molecule has 2 aromatic rings. The lowest BCUT2D eigenvalue weighted by Crippen LogP contribution is -2.03. The van der Waals surface area contributed by atoms with Crippen molar-refractivity contribution in [3.05, 3.63) is 62.1 Å². The lowest BCUT2D eigenvalue weighted by Gasteiger charge is -2.04. The van der Waals surface area contributed by atoms with Crippen LogP contribution in [0.2, 0.25) is 15.1 Å². The summed E-state index contributed by atoms with van der Waals surface area (Å²) in [4.78, 5) is 12.1. The Kier molecular flexibility index (Phi) is 3.70. The molecule has 0 aliphatic carbocycles. The van der Waals surface area contributed by atoms with Gasteiger partial charge in [-0.3, -0.25) is 4.79 Å². The van der Waals surface area contributed by atoms with Gasteiger partial charge in [-0.15, -0.1) is 0 Å². The molecule has 1 amide bonds. The summed E-state index contributed by atoms with van der Waals surface area (Å²) in [5.41, 5.74) is 3.66. The smallest absolute Gasteiger partial charge is 0.256 e. The molecule has 0 bridgehead atoms. The molecule has 2 nitrogen and oxygen atoms in total. The van der Waals surface area contributed by atoms with Crippen molar-refractivity contribution in [1.29, 1.82) is 0 Å². The molecule has 0 aromatic heterocycles. The summed E-state index contributed by atoms with van der Waals surface area (Å²) in [5.74, 6) is -0.167. The van der Waals surface area contributed by atoms with E-state index in [4.69, 9.17) is 34.8 Å². The Balaban J connectivity index is 2.13. The van der Waals surface area contributed by atoms with E-state index in [1.807, 2.05) is 6.92 Å². The predicted octanol–water partition coefficient (Wildman–Crippen LogP) is 5.45. The van der Waals surface area contributed by atoms with Gasteiger partial charge in [-0.1, -0.05) is 34.8 Å². The number of fused-ring (bicyclic) bond motifs is 1. The van der Waals surface area contributed by atoms with Gasteiger partial charge in [0.25, 0.3) is 5.91 Å². The zero-order valence-electron chi connectivity index (χ0n) is 11.0. The summed E-state index contributed by atoms with van der Waals surface area (Å²) in [6.07, 6.45) is 1.76. The van der Waals surface area contributed by atoms with E-state index < -0.39 is 0 Å². The van der Waals surface area contributed by atoms with Crippen LogP contribution < -0.4 is 5.32 Å². The number of rotatable bonds is 1. The van der Waals surface area contributed by atoms with Crippen LogP contribution in [0.5, 0.6) is 0 Å². The monoisotopic (exact) mass is 337 g/mol. The summed E-state index contributed by atoms with van der Waals surface area (Å²) in [7, 11) is 0. The zero-order valence-corrected chi connectivity index (χ0v) is 13.3. The first-order valence-electron chi connectivity index (χ1n) is 6.24. The molecule has 1 aliphatic rings. The minimum absolute atomic E-state index is 0.167. The maximum Gasteiger partial charge on any atom is 0.256 e. The summed E-state index contributed by atoms with van der Waals surface area (Å²) in [6.45, 7) is 1.85. The fourth-order valence-corrected chi connectivity index (χ4v) is 2.89. The van der Waals surface area contributed by atoms with Crippen molar-refractivity contribution in [2.45, 2.75) is 6.92 Å². The van der Waals surface area contributed by atoms with E-state index in [0.717, 1.165) is 22.4 Å². The third kappa shape index (κ3) is 2.67. The number of amides is 1. The van der Waals surface area contributed by atoms with Gasteiger partial charge < -0.3 is 5.32 Å². The van der Waals surface area contributed by atoms with Gasteiger partial charge in [-0.25, -0.2) is 0 Å². The van der Waals surface area contributed by atoms with Crippen molar-refractivity contribution < 1.29 is 4.79 Å². The minimum atomic E-state index is -0.167. The maximum absolute atomic E-state index is 12.1. The number of carbonyl (C=O) groups is 1. The highest BCUT2D eigenvalue weighted by atomic mass is 35.5. The molecule has 0 saturated carbocycles. The van der Waals surface area contributed by atoms with Gasteiger partial charge in [0, 0.05) is 31.9 Å². The van der Waals surface area contributed by atoms with Crippen LogP contribution in [0.4, 0.5) is 5.69 Å². The second kappa shape index (κ2) is 5.38. The molecule has 1 N–H and O–H groups in total. The van der Waals surface area contributed by atoms with Crippen LogP contribution in [0.1, 0.15) is 16.7 Å². The number of carbonyl (C=O) groups excluding carboxylic acids is 1. The van der Waals surface area contributed by atoms with Crippen molar-refractivity contribution in [2.24, 2.45) is 0 Å². The van der Waals surface area contributed by atoms with Gasteiger partial charge >= 0.3 is 0 Å². The molecule has 1 aliphatic heterocycles. The van der Waals surface area contributed by atoms with Crippen LogP contribution in [0, 0.1) is 6.92 Å². The molecule has 0 radical (unpaired) electrons. The van der Waals surface area contributed by atoms with Crippen molar-refractivity contribution in [3.63, 3.8) is 0 Å². The summed E-state index contributed by atoms with van der Waals surface area (Å²) >= 11 is 18.3. The number of hydrogen-bond acceptors (Lipinski definition) is 1. The van der Waals surface area contributed by atoms with Gasteiger partial charge in [0.15, 0.2) is 0 Å². The fraction of sp³-hybridized carbons (Fsp3) is 0.0625. The quantitative estimate of drug-likeness (QED) is 0.688. The Bertz CT molecular complexity index is 773. The number of nitrogens with one attached hydrogen (secondary N) is 1. The van der Waals surface area contributed by atoms with E-state index in [9.17, 15) is 4.79 Å². The average molecular weight is 339 g/mol. The topological polar surface area (TPSA) is 29.1 Å². The first kappa shape index (κ1) is 14.5. The van der Waals surface area contributed by atoms with Crippen molar-refractivity contribution in [1.82, 2.24) is 0 Å². The number of halogens is 3. The van der Waals surface area contributed by atoms with Crippen molar-refractivity contribution in [2.75, 3.05) is 5.32 Å². The van der Waals surface area contributed by atoms with Crippen LogP contribution >= 0.6 is 34.8 Å². The minimum Gasteiger partial charge on any atom is -0.321 e. The van der Waals surface area contributed by atoms with Crippen LogP contribution in [-0.4, -0.2) is 5.91 Å². The van der Waals surface area contributed by atoms with E-state index >= 15 is 0 Å². The lowest BCUT2D eigenvalue weighted by molar-refractivity contribution is -0.110. The number of benzene rings is 2. The molecule has 3 rings (SSSR count). The summed E-state index contributed by atoms with van der Waals surface area (Å²) in [5, 5.41) is 4.52. The van der Waals surface area contributed by atoms with E-state index in [-0.39, 0.29) is 5.91 Å². The maximum atomic E-state index is 12.1. The average Bonchev–Trinajstić information content (AvgIpc) is 2.72. The largest absolute Gasteiger partial charge is 0.321 e. The number of anilines is 1. The highest BCUT2D eigenvalue weighted by Crippen LogP contribution is 2.36. The molecule has 0 atom stereocenters. The Morgan fingerprint density at radius 2 is 1.71 bits per heavy atom. The molecule has 0 unspecified atom stereocenters. The van der Waals surface area contributed by atoms with Gasteiger partial charge in [0.05, 0.1) is 0 Å². The molecule has 21 heavy (non-hydrogen) atoms. The second-order valence-corrected chi connectivity index (χ2v) is 6.06. The molecule has 5 heteroatoms. The van der Waals surface area contributed by atoms with Gasteiger partial charge in [-0.2, -0.15) is 0 Å². The molecular formula is C16H10Cl3NO. The molecular weight excluding hydrogens is 329 g/mol. The highest BCUT2D eigenvalue weighted by Gasteiger charge is 2.24.